The molecule has 0 unspecified atom stereocenters. The van der Waals surface area contributed by atoms with Gasteiger partial charge >= 0.3 is 5.97 Å². The van der Waals surface area contributed by atoms with Crippen molar-refractivity contribution in [2.24, 2.45) is 7.05 Å². The number of hydrogen-bond acceptors (Lipinski definition) is 4. The van der Waals surface area contributed by atoms with Crippen molar-refractivity contribution < 1.29 is 9.90 Å². The predicted molar refractivity (Wildman–Crippen MR) is 90.4 cm³/mol. The molecule has 0 bridgehead atoms. The molecule has 3 rings (SSSR count). The molecule has 2 aromatic carbocycles. The van der Waals surface area contributed by atoms with Crippen LogP contribution in [0.25, 0.3) is 11.3 Å². The molecule has 0 aliphatic heterocycles. The van der Waals surface area contributed by atoms with Crippen LogP contribution in [0, 0.1) is 0 Å². The number of carboxylic acid groups (broad SMARTS) is 1. The zero-order chi connectivity index (χ0) is 16.9. The molecule has 6 nitrogen and oxygen atoms in total. The first-order valence-electron chi connectivity index (χ1n) is 7.62. The molecular weight excluding hydrogens is 304 g/mol. The SMILES string of the molecule is Cn1nc(CNCc2ccc(C(=O)O)cc2)c(-c2ccccc2)n1. The summed E-state index contributed by atoms with van der Waals surface area (Å²) in [6.07, 6.45) is 0. The summed E-state index contributed by atoms with van der Waals surface area (Å²) in [5.41, 5.74) is 4.09. The zero-order valence-corrected chi connectivity index (χ0v) is 13.3. The average molecular weight is 322 g/mol. The minimum Gasteiger partial charge on any atom is -0.478 e. The van der Waals surface area contributed by atoms with Gasteiger partial charge in [-0.1, -0.05) is 42.5 Å². The van der Waals surface area contributed by atoms with E-state index in [0.29, 0.717) is 18.7 Å². The normalized spacial score (nSPS) is 10.7. The van der Waals surface area contributed by atoms with Gasteiger partial charge in [0.25, 0.3) is 0 Å². The molecule has 0 saturated carbocycles. The van der Waals surface area contributed by atoms with Gasteiger partial charge in [-0.15, -0.1) is 0 Å². The third kappa shape index (κ3) is 3.67. The second kappa shape index (κ2) is 7.06. The molecule has 0 fully saturated rings. The number of carboxylic acids is 1. The van der Waals surface area contributed by atoms with Crippen molar-refractivity contribution in [1.82, 2.24) is 20.3 Å². The second-order valence-electron chi connectivity index (χ2n) is 5.46. The lowest BCUT2D eigenvalue weighted by Crippen LogP contribution is -2.14. The van der Waals surface area contributed by atoms with Gasteiger partial charge < -0.3 is 10.4 Å². The van der Waals surface area contributed by atoms with Gasteiger partial charge in [-0.05, 0) is 17.7 Å². The first-order chi connectivity index (χ1) is 11.6. The van der Waals surface area contributed by atoms with E-state index in [1.54, 1.807) is 24.0 Å². The van der Waals surface area contributed by atoms with Crippen LogP contribution in [0.2, 0.25) is 0 Å². The number of nitrogens with one attached hydrogen (secondary N) is 1. The van der Waals surface area contributed by atoms with Crippen LogP contribution in [-0.2, 0) is 20.1 Å². The molecule has 6 heteroatoms. The Hall–Kier alpha value is -2.99. The molecule has 0 radical (unpaired) electrons. The van der Waals surface area contributed by atoms with Gasteiger partial charge in [0.15, 0.2) is 0 Å². The Balaban J connectivity index is 1.66. The number of nitrogens with zero attached hydrogens (tertiary/aromatic N) is 3. The minimum absolute atomic E-state index is 0.291. The van der Waals surface area contributed by atoms with E-state index >= 15 is 0 Å². The molecule has 122 valence electrons. The number of rotatable bonds is 6. The molecule has 1 heterocycles. The maximum atomic E-state index is 10.9. The highest BCUT2D eigenvalue weighted by Crippen LogP contribution is 2.19. The summed E-state index contributed by atoms with van der Waals surface area (Å²) in [6, 6.07) is 16.8. The van der Waals surface area contributed by atoms with Crippen molar-refractivity contribution in [2.75, 3.05) is 0 Å². The first-order valence-corrected chi connectivity index (χ1v) is 7.62. The van der Waals surface area contributed by atoms with Crippen molar-refractivity contribution in [2.45, 2.75) is 13.1 Å². The largest absolute Gasteiger partial charge is 0.478 e. The lowest BCUT2D eigenvalue weighted by molar-refractivity contribution is 0.0697. The number of hydrogen-bond donors (Lipinski definition) is 2. The smallest absolute Gasteiger partial charge is 0.335 e. The topological polar surface area (TPSA) is 80.0 Å². The van der Waals surface area contributed by atoms with Gasteiger partial charge in [-0.25, -0.2) is 4.79 Å². The third-order valence-corrected chi connectivity index (χ3v) is 3.65. The number of aryl methyl sites for hydroxylation is 1. The van der Waals surface area contributed by atoms with Crippen LogP contribution in [0.15, 0.2) is 54.6 Å². The lowest BCUT2D eigenvalue weighted by Gasteiger charge is -2.05. The van der Waals surface area contributed by atoms with E-state index in [2.05, 4.69) is 15.5 Å². The first kappa shape index (κ1) is 15.9. The molecule has 2 N–H and O–H groups in total. The van der Waals surface area contributed by atoms with Gasteiger partial charge in [-0.2, -0.15) is 15.0 Å². The number of aromatic nitrogens is 3. The molecular formula is C18H18N4O2. The molecule has 0 saturated heterocycles. The molecule has 0 aliphatic carbocycles. The van der Waals surface area contributed by atoms with Crippen LogP contribution >= 0.6 is 0 Å². The molecule has 0 aliphatic rings. The van der Waals surface area contributed by atoms with E-state index in [-0.39, 0.29) is 0 Å². The van der Waals surface area contributed by atoms with Crippen LogP contribution in [0.5, 0.6) is 0 Å². The van der Waals surface area contributed by atoms with Gasteiger partial charge in [0.2, 0.25) is 0 Å². The Labute approximate surface area is 139 Å². The summed E-state index contributed by atoms with van der Waals surface area (Å²) < 4.78 is 0. The van der Waals surface area contributed by atoms with Crippen molar-refractivity contribution in [3.63, 3.8) is 0 Å². The number of aromatic carboxylic acids is 1. The van der Waals surface area contributed by atoms with Gasteiger partial charge in [0, 0.05) is 25.7 Å². The van der Waals surface area contributed by atoms with Crippen molar-refractivity contribution in [1.29, 1.82) is 0 Å². The summed E-state index contributed by atoms with van der Waals surface area (Å²) in [5.74, 6) is -0.915. The van der Waals surface area contributed by atoms with E-state index in [9.17, 15) is 4.79 Å². The fourth-order valence-electron chi connectivity index (χ4n) is 2.48. The molecule has 0 atom stereocenters. The zero-order valence-electron chi connectivity index (χ0n) is 13.3. The fraction of sp³-hybridized carbons (Fsp3) is 0.167. The highest BCUT2D eigenvalue weighted by atomic mass is 16.4. The minimum atomic E-state index is -0.915. The molecule has 24 heavy (non-hydrogen) atoms. The van der Waals surface area contributed by atoms with Crippen molar-refractivity contribution >= 4 is 5.97 Å². The summed E-state index contributed by atoms with van der Waals surface area (Å²) in [5, 5.41) is 21.1. The maximum absolute atomic E-state index is 10.9. The van der Waals surface area contributed by atoms with Crippen LogP contribution in [0.1, 0.15) is 21.6 Å². The molecule has 1 aromatic heterocycles. The Kier molecular flexibility index (Phi) is 4.67. The Morgan fingerprint density at radius 2 is 1.75 bits per heavy atom. The molecule has 0 amide bonds. The van der Waals surface area contributed by atoms with Crippen LogP contribution in [0.3, 0.4) is 0 Å². The number of carbonyl (C=O) groups is 1. The Morgan fingerprint density at radius 3 is 2.42 bits per heavy atom. The van der Waals surface area contributed by atoms with Crippen molar-refractivity contribution in [3.05, 3.63) is 71.4 Å². The highest BCUT2D eigenvalue weighted by Gasteiger charge is 2.11. The quantitative estimate of drug-likeness (QED) is 0.729. The van der Waals surface area contributed by atoms with Gasteiger partial charge in [-0.3, -0.25) is 0 Å². The van der Waals surface area contributed by atoms with Gasteiger partial charge in [0.05, 0.1) is 5.56 Å². The summed E-state index contributed by atoms with van der Waals surface area (Å²) >= 11 is 0. The molecule has 3 aromatic rings. The van der Waals surface area contributed by atoms with E-state index in [1.165, 1.54) is 0 Å². The Bertz CT molecular complexity index is 826. The molecule has 0 spiro atoms. The van der Waals surface area contributed by atoms with E-state index in [0.717, 1.165) is 22.5 Å². The average Bonchev–Trinajstić information content (AvgIpc) is 2.97. The van der Waals surface area contributed by atoms with Crippen LogP contribution in [0.4, 0.5) is 0 Å². The standard InChI is InChI=1S/C18H18N4O2/c1-22-20-16(17(21-22)14-5-3-2-4-6-14)12-19-11-13-7-9-15(10-8-13)18(23)24/h2-10,19H,11-12H2,1H3,(H,23,24). The maximum Gasteiger partial charge on any atom is 0.335 e. The van der Waals surface area contributed by atoms with Crippen LogP contribution in [-0.4, -0.2) is 26.1 Å². The van der Waals surface area contributed by atoms with E-state index in [1.807, 2.05) is 42.5 Å². The number of benzene rings is 2. The lowest BCUT2D eigenvalue weighted by atomic mass is 10.1. The monoisotopic (exact) mass is 322 g/mol. The third-order valence-electron chi connectivity index (χ3n) is 3.65. The van der Waals surface area contributed by atoms with E-state index in [4.69, 9.17) is 5.11 Å². The van der Waals surface area contributed by atoms with Crippen molar-refractivity contribution in [3.8, 4) is 11.3 Å². The van der Waals surface area contributed by atoms with Crippen LogP contribution < -0.4 is 5.32 Å². The predicted octanol–water partition coefficient (Wildman–Crippen LogP) is 2.47. The van der Waals surface area contributed by atoms with Gasteiger partial charge in [0.1, 0.15) is 11.4 Å². The summed E-state index contributed by atoms with van der Waals surface area (Å²) in [4.78, 5) is 12.4. The Morgan fingerprint density at radius 1 is 1.04 bits per heavy atom. The second-order valence-corrected chi connectivity index (χ2v) is 5.46. The highest BCUT2D eigenvalue weighted by molar-refractivity contribution is 5.87. The van der Waals surface area contributed by atoms with E-state index < -0.39 is 5.97 Å². The summed E-state index contributed by atoms with van der Waals surface area (Å²) in [7, 11) is 1.81. The summed E-state index contributed by atoms with van der Waals surface area (Å²) in [6.45, 7) is 1.21. The fourth-order valence-corrected chi connectivity index (χ4v) is 2.48.